The van der Waals surface area contributed by atoms with Gasteiger partial charge < -0.3 is 15.5 Å². The molecule has 0 unspecified atom stereocenters. The van der Waals surface area contributed by atoms with Gasteiger partial charge in [0.1, 0.15) is 0 Å². The molecule has 0 radical (unpaired) electrons. The number of guanidine groups is 1. The molecule has 0 bridgehead atoms. The van der Waals surface area contributed by atoms with E-state index < -0.39 is 0 Å². The second kappa shape index (κ2) is 13.5. The summed E-state index contributed by atoms with van der Waals surface area (Å²) in [6, 6.07) is 5.36. The summed E-state index contributed by atoms with van der Waals surface area (Å²) < 4.78 is 0. The molecular formula is C17H27Cl2IN4O. The van der Waals surface area contributed by atoms with Gasteiger partial charge in [0.25, 0.3) is 0 Å². The Labute approximate surface area is 177 Å². The van der Waals surface area contributed by atoms with Crippen LogP contribution in [-0.4, -0.2) is 42.9 Å². The first-order chi connectivity index (χ1) is 11.5. The topological polar surface area (TPSA) is 56.7 Å². The minimum Gasteiger partial charge on any atom is -0.357 e. The third kappa shape index (κ3) is 8.96. The minimum absolute atomic E-state index is 0. The van der Waals surface area contributed by atoms with Gasteiger partial charge in [0, 0.05) is 42.6 Å². The maximum atomic E-state index is 12.0. The molecule has 0 fully saturated rings. The first-order valence-corrected chi connectivity index (χ1v) is 9.01. The highest BCUT2D eigenvalue weighted by Gasteiger charge is 2.09. The molecule has 0 atom stereocenters. The third-order valence-corrected chi connectivity index (χ3v) is 4.10. The Morgan fingerprint density at radius 1 is 1.16 bits per heavy atom. The molecule has 0 aromatic heterocycles. The molecular weight excluding hydrogens is 474 g/mol. The number of carbonyl (C=O) groups excluding carboxylic acids is 1. The lowest BCUT2D eigenvalue weighted by Crippen LogP contribution is -2.40. The summed E-state index contributed by atoms with van der Waals surface area (Å²) in [5.74, 6) is 0.806. The van der Waals surface area contributed by atoms with Crippen LogP contribution in [0.1, 0.15) is 32.8 Å². The molecule has 5 nitrogen and oxygen atoms in total. The number of hydrogen-bond acceptors (Lipinski definition) is 2. The van der Waals surface area contributed by atoms with Gasteiger partial charge >= 0.3 is 0 Å². The standard InChI is InChI=1S/C17H26Cl2N4O.HI/c1-4-20-17(21-10-9-16(24)23(5-2)6-3)22-12-13-7-8-14(18)11-15(13)19;/h7-8,11H,4-6,9-10,12H2,1-3H3,(H2,20,21,22);1H. The Bertz CT molecular complexity index is 566. The number of halogens is 3. The molecule has 0 saturated heterocycles. The highest BCUT2D eigenvalue weighted by atomic mass is 127. The van der Waals surface area contributed by atoms with Crippen molar-refractivity contribution in [3.05, 3.63) is 33.8 Å². The fourth-order valence-corrected chi connectivity index (χ4v) is 2.65. The van der Waals surface area contributed by atoms with Crippen LogP contribution in [0, 0.1) is 0 Å². The lowest BCUT2D eigenvalue weighted by molar-refractivity contribution is -0.130. The van der Waals surface area contributed by atoms with Gasteiger partial charge in [-0.3, -0.25) is 4.79 Å². The van der Waals surface area contributed by atoms with Gasteiger partial charge in [-0.15, -0.1) is 24.0 Å². The van der Waals surface area contributed by atoms with Crippen molar-refractivity contribution in [3.8, 4) is 0 Å². The van der Waals surface area contributed by atoms with Crippen molar-refractivity contribution in [1.82, 2.24) is 15.5 Å². The smallest absolute Gasteiger partial charge is 0.224 e. The predicted octanol–water partition coefficient (Wildman–Crippen LogP) is 3.93. The molecule has 0 aliphatic heterocycles. The number of nitrogens with one attached hydrogen (secondary N) is 2. The molecule has 0 aliphatic rings. The van der Waals surface area contributed by atoms with Crippen LogP contribution in [0.4, 0.5) is 0 Å². The molecule has 25 heavy (non-hydrogen) atoms. The van der Waals surface area contributed by atoms with Crippen LogP contribution >= 0.6 is 47.2 Å². The molecule has 0 heterocycles. The fourth-order valence-electron chi connectivity index (χ4n) is 2.18. The summed E-state index contributed by atoms with van der Waals surface area (Å²) in [5, 5.41) is 7.54. The van der Waals surface area contributed by atoms with Gasteiger partial charge in [0.05, 0.1) is 6.54 Å². The van der Waals surface area contributed by atoms with Gasteiger partial charge in [-0.1, -0.05) is 29.3 Å². The van der Waals surface area contributed by atoms with E-state index in [9.17, 15) is 4.79 Å². The second-order valence-corrected chi connectivity index (χ2v) is 6.02. The van der Waals surface area contributed by atoms with Crippen molar-refractivity contribution in [1.29, 1.82) is 0 Å². The number of rotatable bonds is 8. The summed E-state index contributed by atoms with van der Waals surface area (Å²) in [6.07, 6.45) is 0.438. The van der Waals surface area contributed by atoms with Crippen LogP contribution in [0.25, 0.3) is 0 Å². The zero-order valence-electron chi connectivity index (χ0n) is 14.9. The number of benzene rings is 1. The van der Waals surface area contributed by atoms with Crippen LogP contribution in [0.5, 0.6) is 0 Å². The summed E-state index contributed by atoms with van der Waals surface area (Å²) in [7, 11) is 0. The molecule has 0 spiro atoms. The average Bonchev–Trinajstić information content (AvgIpc) is 2.55. The Hall–Kier alpha value is -0.730. The number of aliphatic imine (C=N–C) groups is 1. The van der Waals surface area contributed by atoms with E-state index >= 15 is 0 Å². The molecule has 8 heteroatoms. The zero-order chi connectivity index (χ0) is 17.9. The fraction of sp³-hybridized carbons (Fsp3) is 0.529. The zero-order valence-corrected chi connectivity index (χ0v) is 18.8. The van der Waals surface area contributed by atoms with Crippen molar-refractivity contribution in [3.63, 3.8) is 0 Å². The molecule has 1 aromatic carbocycles. The molecule has 142 valence electrons. The maximum Gasteiger partial charge on any atom is 0.224 e. The SMILES string of the molecule is CCNC(=NCc1ccc(Cl)cc1Cl)NCCC(=O)N(CC)CC.I. The van der Waals surface area contributed by atoms with E-state index in [0.29, 0.717) is 35.5 Å². The maximum absolute atomic E-state index is 12.0. The van der Waals surface area contributed by atoms with Crippen LogP contribution in [-0.2, 0) is 11.3 Å². The molecule has 1 rings (SSSR count). The molecule has 1 aromatic rings. The highest BCUT2D eigenvalue weighted by molar-refractivity contribution is 14.0. The van der Waals surface area contributed by atoms with Gasteiger partial charge in [-0.25, -0.2) is 4.99 Å². The largest absolute Gasteiger partial charge is 0.357 e. The summed E-state index contributed by atoms with van der Waals surface area (Å²) in [4.78, 5) is 18.3. The first-order valence-electron chi connectivity index (χ1n) is 8.25. The van der Waals surface area contributed by atoms with Crippen LogP contribution < -0.4 is 10.6 Å². The van der Waals surface area contributed by atoms with E-state index in [1.54, 1.807) is 12.1 Å². The normalized spacial score (nSPS) is 10.8. The van der Waals surface area contributed by atoms with Crippen molar-refractivity contribution < 1.29 is 4.79 Å². The van der Waals surface area contributed by atoms with Crippen molar-refractivity contribution in [2.45, 2.75) is 33.7 Å². The Morgan fingerprint density at radius 2 is 1.84 bits per heavy atom. The summed E-state index contributed by atoms with van der Waals surface area (Å²) >= 11 is 12.1. The van der Waals surface area contributed by atoms with Crippen molar-refractivity contribution in [2.24, 2.45) is 4.99 Å². The predicted molar refractivity (Wildman–Crippen MR) is 117 cm³/mol. The average molecular weight is 501 g/mol. The van der Waals surface area contributed by atoms with Crippen LogP contribution in [0.2, 0.25) is 10.0 Å². The van der Waals surface area contributed by atoms with Gasteiger partial charge in [0.2, 0.25) is 5.91 Å². The van der Waals surface area contributed by atoms with Gasteiger partial charge in [-0.05, 0) is 38.5 Å². The molecule has 2 N–H and O–H groups in total. The number of amides is 1. The number of carbonyl (C=O) groups is 1. The van der Waals surface area contributed by atoms with Crippen LogP contribution in [0.15, 0.2) is 23.2 Å². The molecule has 0 saturated carbocycles. The van der Waals surface area contributed by atoms with Crippen molar-refractivity contribution in [2.75, 3.05) is 26.2 Å². The summed E-state index contributed by atoms with van der Waals surface area (Å²) in [5.41, 5.74) is 0.900. The van der Waals surface area contributed by atoms with Crippen LogP contribution in [0.3, 0.4) is 0 Å². The van der Waals surface area contributed by atoms with E-state index in [-0.39, 0.29) is 29.9 Å². The van der Waals surface area contributed by atoms with Gasteiger partial charge in [-0.2, -0.15) is 0 Å². The lowest BCUT2D eigenvalue weighted by Gasteiger charge is -2.19. The Balaban J connectivity index is 0.00000576. The quantitative estimate of drug-likeness (QED) is 0.323. The first kappa shape index (κ1) is 24.3. The third-order valence-electron chi connectivity index (χ3n) is 3.51. The second-order valence-electron chi connectivity index (χ2n) is 5.17. The highest BCUT2D eigenvalue weighted by Crippen LogP contribution is 2.21. The van der Waals surface area contributed by atoms with E-state index in [2.05, 4.69) is 15.6 Å². The van der Waals surface area contributed by atoms with E-state index in [1.165, 1.54) is 0 Å². The number of nitrogens with zero attached hydrogens (tertiary/aromatic N) is 2. The van der Waals surface area contributed by atoms with Crippen molar-refractivity contribution >= 4 is 59.0 Å². The Kier molecular flexibility index (Phi) is 13.1. The lowest BCUT2D eigenvalue weighted by atomic mass is 10.2. The van der Waals surface area contributed by atoms with E-state index in [1.807, 2.05) is 31.7 Å². The minimum atomic E-state index is 0. The van der Waals surface area contributed by atoms with Gasteiger partial charge in [0.15, 0.2) is 5.96 Å². The van der Waals surface area contributed by atoms with E-state index in [4.69, 9.17) is 23.2 Å². The number of hydrogen-bond donors (Lipinski definition) is 2. The molecule has 0 aliphatic carbocycles. The monoisotopic (exact) mass is 500 g/mol. The molecule has 1 amide bonds. The summed E-state index contributed by atoms with van der Waals surface area (Å²) in [6.45, 7) is 9.14. The van der Waals surface area contributed by atoms with E-state index in [0.717, 1.165) is 25.2 Å². The Morgan fingerprint density at radius 3 is 2.40 bits per heavy atom.